The van der Waals surface area contributed by atoms with Crippen molar-refractivity contribution in [1.82, 2.24) is 5.06 Å². The highest BCUT2D eigenvalue weighted by molar-refractivity contribution is 4.85. The number of hydroxylamine groups is 2. The van der Waals surface area contributed by atoms with Crippen molar-refractivity contribution in [1.29, 1.82) is 0 Å². The molecule has 0 aliphatic carbocycles. The van der Waals surface area contributed by atoms with Crippen LogP contribution in [0.25, 0.3) is 0 Å². The van der Waals surface area contributed by atoms with Gasteiger partial charge < -0.3 is 4.74 Å². The van der Waals surface area contributed by atoms with Crippen LogP contribution in [0.5, 0.6) is 0 Å². The van der Waals surface area contributed by atoms with E-state index in [2.05, 4.69) is 5.06 Å². The molecule has 0 aromatic carbocycles. The lowest BCUT2D eigenvalue weighted by molar-refractivity contribution is -0.169. The van der Waals surface area contributed by atoms with E-state index in [1.165, 1.54) is 38.2 Å². The molecule has 1 radical (unpaired) electrons. The Balaban J connectivity index is 1.40. The summed E-state index contributed by atoms with van der Waals surface area (Å²) in [5, 5.41) is 2.14. The third-order valence-corrected chi connectivity index (χ3v) is 3.13. The van der Waals surface area contributed by atoms with E-state index in [0.29, 0.717) is 0 Å². The zero-order valence-electron chi connectivity index (χ0n) is 9.54. The molecule has 0 amide bonds. The maximum absolute atomic E-state index is 5.70. The molecular formula is C12H22NO2. The average molecular weight is 212 g/mol. The predicted octanol–water partition coefficient (Wildman–Crippen LogP) is 2.53. The molecular weight excluding hydrogens is 190 g/mol. The molecule has 3 heteroatoms. The van der Waals surface area contributed by atoms with E-state index in [1.54, 1.807) is 0 Å². The molecule has 0 atom stereocenters. The number of piperidine rings is 1. The van der Waals surface area contributed by atoms with Crippen LogP contribution in [0.4, 0.5) is 0 Å². The minimum absolute atomic E-state index is 0.882. The molecule has 2 saturated heterocycles. The highest BCUT2D eigenvalue weighted by Gasteiger charge is 2.18. The van der Waals surface area contributed by atoms with Gasteiger partial charge in [-0.25, -0.2) is 0 Å². The third kappa shape index (κ3) is 4.09. The molecule has 0 aromatic heterocycles. The lowest BCUT2D eigenvalue weighted by atomic mass is 10.1. The summed E-state index contributed by atoms with van der Waals surface area (Å²) >= 11 is 0. The summed E-state index contributed by atoms with van der Waals surface area (Å²) in [5.41, 5.74) is 0. The summed E-state index contributed by atoms with van der Waals surface area (Å²) < 4.78 is 5.29. The number of ether oxygens (including phenoxy) is 1. The van der Waals surface area contributed by atoms with Crippen LogP contribution in [0.3, 0.4) is 0 Å². The third-order valence-electron chi connectivity index (χ3n) is 3.13. The van der Waals surface area contributed by atoms with E-state index < -0.39 is 0 Å². The van der Waals surface area contributed by atoms with Crippen molar-refractivity contribution in [3.8, 4) is 0 Å². The second kappa shape index (κ2) is 6.46. The number of nitrogens with zero attached hydrogens (tertiary/aromatic N) is 1. The summed E-state index contributed by atoms with van der Waals surface area (Å²) in [5.74, 6) is 0. The fraction of sp³-hybridized carbons (Fsp3) is 0.917. The smallest absolute Gasteiger partial charge is 0.0993 e. The van der Waals surface area contributed by atoms with Crippen LogP contribution in [0.1, 0.15) is 44.9 Å². The molecule has 2 heterocycles. The Bertz CT molecular complexity index is 165. The monoisotopic (exact) mass is 212 g/mol. The molecule has 15 heavy (non-hydrogen) atoms. The minimum atomic E-state index is 0.882. The van der Waals surface area contributed by atoms with Crippen LogP contribution in [-0.4, -0.2) is 31.4 Å². The number of hydrogen-bond donors (Lipinski definition) is 0. The molecule has 2 aliphatic heterocycles. The normalized spacial score (nSPS) is 24.0. The van der Waals surface area contributed by atoms with Crippen LogP contribution in [0.15, 0.2) is 0 Å². The molecule has 0 bridgehead atoms. The lowest BCUT2D eigenvalue weighted by Gasteiger charge is -2.26. The van der Waals surface area contributed by atoms with Gasteiger partial charge in [0, 0.05) is 19.5 Å². The zero-order chi connectivity index (χ0) is 10.3. The summed E-state index contributed by atoms with van der Waals surface area (Å²) in [7, 11) is 0. The minimum Gasteiger partial charge on any atom is -0.372 e. The van der Waals surface area contributed by atoms with Gasteiger partial charge >= 0.3 is 0 Å². The Kier molecular flexibility index (Phi) is 4.90. The van der Waals surface area contributed by atoms with Crippen LogP contribution < -0.4 is 0 Å². The Hall–Kier alpha value is -0.120. The standard InChI is InChI=1S/C12H22NO2/c1-3-8-13(9-4-1)15-10-5-2-6-12-7-11-14-12/h1-11H2. The van der Waals surface area contributed by atoms with Gasteiger partial charge in [-0.15, -0.1) is 0 Å². The first kappa shape index (κ1) is 11.4. The first-order valence-electron chi connectivity index (χ1n) is 6.30. The first-order chi connectivity index (χ1) is 7.45. The predicted molar refractivity (Wildman–Crippen MR) is 59.0 cm³/mol. The Morgan fingerprint density at radius 1 is 1.13 bits per heavy atom. The van der Waals surface area contributed by atoms with Gasteiger partial charge in [-0.05, 0) is 32.1 Å². The first-order valence-corrected chi connectivity index (χ1v) is 6.30. The van der Waals surface area contributed by atoms with Crippen molar-refractivity contribution in [2.75, 3.05) is 26.3 Å². The average Bonchev–Trinajstić information content (AvgIpc) is 2.22. The lowest BCUT2D eigenvalue weighted by Crippen LogP contribution is -2.30. The fourth-order valence-electron chi connectivity index (χ4n) is 2.06. The fourth-order valence-corrected chi connectivity index (χ4v) is 2.06. The van der Waals surface area contributed by atoms with E-state index in [1.807, 2.05) is 0 Å². The van der Waals surface area contributed by atoms with Gasteiger partial charge in [-0.3, -0.25) is 4.84 Å². The van der Waals surface area contributed by atoms with E-state index in [-0.39, 0.29) is 0 Å². The molecule has 2 aliphatic rings. The van der Waals surface area contributed by atoms with Gasteiger partial charge in [-0.1, -0.05) is 6.42 Å². The molecule has 0 spiro atoms. The topological polar surface area (TPSA) is 21.7 Å². The van der Waals surface area contributed by atoms with Gasteiger partial charge in [0.05, 0.1) is 19.3 Å². The zero-order valence-corrected chi connectivity index (χ0v) is 9.54. The van der Waals surface area contributed by atoms with Crippen molar-refractivity contribution in [3.63, 3.8) is 0 Å². The van der Waals surface area contributed by atoms with Crippen molar-refractivity contribution in [3.05, 3.63) is 6.10 Å². The van der Waals surface area contributed by atoms with Gasteiger partial charge in [-0.2, -0.15) is 5.06 Å². The number of hydrogen-bond acceptors (Lipinski definition) is 3. The second-order valence-corrected chi connectivity index (χ2v) is 4.42. The van der Waals surface area contributed by atoms with Crippen LogP contribution in [0, 0.1) is 6.10 Å². The SMILES string of the molecule is C1CCN(OCCCC[C]2CCO2)CC1. The van der Waals surface area contributed by atoms with Gasteiger partial charge in [0.2, 0.25) is 0 Å². The Morgan fingerprint density at radius 3 is 2.60 bits per heavy atom. The molecule has 87 valence electrons. The summed E-state index contributed by atoms with van der Waals surface area (Å²) in [6, 6.07) is 0. The quantitative estimate of drug-likeness (QED) is 0.631. The van der Waals surface area contributed by atoms with Crippen LogP contribution >= 0.6 is 0 Å². The maximum atomic E-state index is 5.70. The molecule has 2 fully saturated rings. The summed E-state index contributed by atoms with van der Waals surface area (Å²) in [6.45, 7) is 4.08. The van der Waals surface area contributed by atoms with Gasteiger partial charge in [0.1, 0.15) is 0 Å². The highest BCUT2D eigenvalue weighted by atomic mass is 16.7. The van der Waals surface area contributed by atoms with Crippen molar-refractivity contribution < 1.29 is 9.57 Å². The number of unbranched alkanes of at least 4 members (excludes halogenated alkanes) is 1. The molecule has 0 unspecified atom stereocenters. The van der Waals surface area contributed by atoms with E-state index in [4.69, 9.17) is 9.57 Å². The van der Waals surface area contributed by atoms with E-state index in [0.717, 1.165) is 39.1 Å². The molecule has 0 N–H and O–H groups in total. The van der Waals surface area contributed by atoms with Gasteiger partial charge in [0.25, 0.3) is 0 Å². The van der Waals surface area contributed by atoms with Crippen molar-refractivity contribution in [2.24, 2.45) is 0 Å². The highest BCUT2D eigenvalue weighted by Crippen LogP contribution is 2.25. The molecule has 2 rings (SSSR count). The Labute approximate surface area is 92.7 Å². The molecule has 0 aromatic rings. The molecule has 0 saturated carbocycles. The molecule has 3 nitrogen and oxygen atoms in total. The van der Waals surface area contributed by atoms with Gasteiger partial charge in [0.15, 0.2) is 0 Å². The Morgan fingerprint density at radius 2 is 1.93 bits per heavy atom. The van der Waals surface area contributed by atoms with Crippen molar-refractivity contribution >= 4 is 0 Å². The maximum Gasteiger partial charge on any atom is 0.0993 e. The van der Waals surface area contributed by atoms with Crippen LogP contribution in [-0.2, 0) is 9.57 Å². The van der Waals surface area contributed by atoms with E-state index in [9.17, 15) is 0 Å². The van der Waals surface area contributed by atoms with Crippen LogP contribution in [0.2, 0.25) is 0 Å². The summed E-state index contributed by atoms with van der Waals surface area (Å²) in [6.07, 6.45) is 9.96. The number of rotatable bonds is 6. The largest absolute Gasteiger partial charge is 0.372 e. The van der Waals surface area contributed by atoms with E-state index >= 15 is 0 Å². The van der Waals surface area contributed by atoms with Crippen molar-refractivity contribution in [2.45, 2.75) is 44.9 Å². The second-order valence-electron chi connectivity index (χ2n) is 4.42. The summed E-state index contributed by atoms with van der Waals surface area (Å²) in [4.78, 5) is 5.70.